The van der Waals surface area contributed by atoms with Crippen LogP contribution >= 0.6 is 0 Å². The third-order valence-electron chi connectivity index (χ3n) is 4.86. The smallest absolute Gasteiger partial charge is 0.233 e. The molecule has 3 aliphatic rings. The van der Waals surface area contributed by atoms with Gasteiger partial charge in [-0.15, -0.1) is 0 Å². The average molecular weight is 236 g/mol. The maximum Gasteiger partial charge on any atom is 0.233 e. The first-order valence-electron chi connectivity index (χ1n) is 7.28. The van der Waals surface area contributed by atoms with E-state index in [1.807, 2.05) is 0 Å². The summed E-state index contributed by atoms with van der Waals surface area (Å²) in [5.41, 5.74) is 0. The fraction of sp³-hybridized carbons (Fsp3) is 0.929. The van der Waals surface area contributed by atoms with Crippen LogP contribution in [-0.4, -0.2) is 25.5 Å². The zero-order chi connectivity index (χ0) is 11.7. The lowest BCUT2D eigenvalue weighted by molar-refractivity contribution is -0.120. The molecule has 3 heteroatoms. The molecule has 3 unspecified atom stereocenters. The van der Waals surface area contributed by atoms with Crippen LogP contribution in [0.2, 0.25) is 0 Å². The minimum atomic E-state index is 0.181. The van der Waals surface area contributed by atoms with Crippen molar-refractivity contribution >= 4 is 5.91 Å². The van der Waals surface area contributed by atoms with Crippen LogP contribution in [0.4, 0.5) is 0 Å². The molecule has 0 saturated heterocycles. The van der Waals surface area contributed by atoms with Gasteiger partial charge in [0.05, 0.1) is 6.54 Å². The molecule has 0 aromatic rings. The topological polar surface area (TPSA) is 41.1 Å². The molecule has 2 N–H and O–H groups in total. The molecule has 3 rings (SSSR count). The number of amides is 1. The monoisotopic (exact) mass is 236 g/mol. The molecule has 0 aliphatic heterocycles. The Morgan fingerprint density at radius 1 is 1.06 bits per heavy atom. The number of fused-ring (bicyclic) bond motifs is 2. The Bertz CT molecular complexity index is 288. The molecule has 0 heterocycles. The highest BCUT2D eigenvalue weighted by molar-refractivity contribution is 5.77. The van der Waals surface area contributed by atoms with Crippen LogP contribution in [0, 0.1) is 23.7 Å². The lowest BCUT2D eigenvalue weighted by Gasteiger charge is -2.21. The van der Waals surface area contributed by atoms with Gasteiger partial charge in [-0.25, -0.2) is 0 Å². The van der Waals surface area contributed by atoms with Crippen LogP contribution in [0.1, 0.15) is 38.5 Å². The summed E-state index contributed by atoms with van der Waals surface area (Å²) in [7, 11) is 0. The van der Waals surface area contributed by atoms with E-state index in [4.69, 9.17) is 0 Å². The van der Waals surface area contributed by atoms with Gasteiger partial charge in [-0.2, -0.15) is 0 Å². The van der Waals surface area contributed by atoms with Crippen molar-refractivity contribution in [3.8, 4) is 0 Å². The van der Waals surface area contributed by atoms with Crippen molar-refractivity contribution < 1.29 is 4.79 Å². The van der Waals surface area contributed by atoms with Gasteiger partial charge in [0.1, 0.15) is 0 Å². The van der Waals surface area contributed by atoms with Crippen LogP contribution in [0.3, 0.4) is 0 Å². The van der Waals surface area contributed by atoms with Gasteiger partial charge in [0.25, 0.3) is 0 Å². The molecule has 3 atom stereocenters. The van der Waals surface area contributed by atoms with Crippen molar-refractivity contribution in [1.29, 1.82) is 0 Å². The quantitative estimate of drug-likeness (QED) is 0.734. The molecule has 0 spiro atoms. The first-order valence-corrected chi connectivity index (χ1v) is 7.28. The summed E-state index contributed by atoms with van der Waals surface area (Å²) in [5, 5.41) is 6.35. The summed E-state index contributed by atoms with van der Waals surface area (Å²) in [4.78, 5) is 11.5. The predicted octanol–water partition coefficient (Wildman–Crippen LogP) is 1.54. The fourth-order valence-electron chi connectivity index (χ4n) is 3.64. The van der Waals surface area contributed by atoms with E-state index in [1.165, 1.54) is 38.5 Å². The molecule has 0 radical (unpaired) electrons. The van der Waals surface area contributed by atoms with E-state index in [-0.39, 0.29) is 5.91 Å². The van der Waals surface area contributed by atoms with E-state index in [9.17, 15) is 4.79 Å². The summed E-state index contributed by atoms with van der Waals surface area (Å²) in [5.74, 6) is 3.78. The number of hydrogen-bond donors (Lipinski definition) is 2. The highest BCUT2D eigenvalue weighted by atomic mass is 16.1. The Morgan fingerprint density at radius 2 is 1.94 bits per heavy atom. The van der Waals surface area contributed by atoms with Gasteiger partial charge in [0, 0.05) is 6.54 Å². The molecule has 0 aromatic carbocycles. The van der Waals surface area contributed by atoms with Gasteiger partial charge in [-0.1, -0.05) is 6.42 Å². The summed E-state index contributed by atoms with van der Waals surface area (Å²) in [6.07, 6.45) is 8.37. The molecule has 17 heavy (non-hydrogen) atoms. The first-order chi connectivity index (χ1) is 8.31. The highest BCUT2D eigenvalue weighted by Gasteiger charge is 2.38. The molecule has 1 amide bonds. The Morgan fingerprint density at radius 3 is 2.59 bits per heavy atom. The molecule has 0 aromatic heterocycles. The summed E-state index contributed by atoms with van der Waals surface area (Å²) in [6, 6.07) is 0. The van der Waals surface area contributed by atoms with Gasteiger partial charge in [-0.3, -0.25) is 4.79 Å². The van der Waals surface area contributed by atoms with E-state index in [2.05, 4.69) is 10.6 Å². The fourth-order valence-corrected chi connectivity index (χ4v) is 3.64. The third kappa shape index (κ3) is 3.01. The highest BCUT2D eigenvalue weighted by Crippen LogP contribution is 2.47. The number of carbonyl (C=O) groups excluding carboxylic acids is 1. The standard InChI is InChI=1S/C14H24N2O/c17-14(16-7-10-1-2-10)9-15-8-13-6-11-3-4-12(13)5-11/h10-13,15H,1-9H2,(H,16,17). The SMILES string of the molecule is O=C(CNCC1CC2CCC1C2)NCC1CC1. The lowest BCUT2D eigenvalue weighted by atomic mass is 9.89. The van der Waals surface area contributed by atoms with E-state index in [0.29, 0.717) is 6.54 Å². The summed E-state index contributed by atoms with van der Waals surface area (Å²) in [6.45, 7) is 2.47. The van der Waals surface area contributed by atoms with Gasteiger partial charge < -0.3 is 10.6 Å². The Labute approximate surface area is 104 Å². The van der Waals surface area contributed by atoms with Crippen molar-refractivity contribution in [1.82, 2.24) is 10.6 Å². The van der Waals surface area contributed by atoms with Crippen LogP contribution in [-0.2, 0) is 4.79 Å². The molecule has 3 saturated carbocycles. The van der Waals surface area contributed by atoms with E-state index >= 15 is 0 Å². The summed E-state index contributed by atoms with van der Waals surface area (Å²) >= 11 is 0. The zero-order valence-electron chi connectivity index (χ0n) is 10.6. The van der Waals surface area contributed by atoms with Crippen molar-refractivity contribution in [2.75, 3.05) is 19.6 Å². The maximum absolute atomic E-state index is 11.5. The summed E-state index contributed by atoms with van der Waals surface area (Å²) < 4.78 is 0. The molecule has 96 valence electrons. The average Bonchev–Trinajstić information content (AvgIpc) is 2.93. The minimum Gasteiger partial charge on any atom is -0.355 e. The third-order valence-corrected chi connectivity index (χ3v) is 4.86. The van der Waals surface area contributed by atoms with E-state index < -0.39 is 0 Å². The Hall–Kier alpha value is -0.570. The largest absolute Gasteiger partial charge is 0.355 e. The van der Waals surface area contributed by atoms with Gasteiger partial charge in [0.15, 0.2) is 0 Å². The Balaban J connectivity index is 1.28. The van der Waals surface area contributed by atoms with Crippen LogP contribution in [0.5, 0.6) is 0 Å². The van der Waals surface area contributed by atoms with Crippen molar-refractivity contribution in [2.45, 2.75) is 38.5 Å². The molecular weight excluding hydrogens is 212 g/mol. The molecular formula is C14H24N2O. The second-order valence-electron chi connectivity index (χ2n) is 6.31. The second-order valence-corrected chi connectivity index (χ2v) is 6.31. The van der Waals surface area contributed by atoms with E-state index in [1.54, 1.807) is 0 Å². The molecule has 3 fully saturated rings. The molecule has 3 nitrogen and oxygen atoms in total. The van der Waals surface area contributed by atoms with E-state index in [0.717, 1.165) is 36.8 Å². The predicted molar refractivity (Wildman–Crippen MR) is 67.5 cm³/mol. The van der Waals surface area contributed by atoms with Crippen molar-refractivity contribution in [3.05, 3.63) is 0 Å². The van der Waals surface area contributed by atoms with Crippen molar-refractivity contribution in [3.63, 3.8) is 0 Å². The van der Waals surface area contributed by atoms with Crippen LogP contribution < -0.4 is 10.6 Å². The number of nitrogens with one attached hydrogen (secondary N) is 2. The number of hydrogen-bond acceptors (Lipinski definition) is 2. The Kier molecular flexibility index (Phi) is 3.37. The van der Waals surface area contributed by atoms with Gasteiger partial charge in [-0.05, 0) is 62.3 Å². The van der Waals surface area contributed by atoms with Gasteiger partial charge in [0.2, 0.25) is 5.91 Å². The maximum atomic E-state index is 11.5. The number of rotatable bonds is 6. The molecule has 2 bridgehead atoms. The first kappa shape index (κ1) is 11.5. The van der Waals surface area contributed by atoms with Crippen LogP contribution in [0.15, 0.2) is 0 Å². The zero-order valence-corrected chi connectivity index (χ0v) is 10.6. The van der Waals surface area contributed by atoms with Crippen molar-refractivity contribution in [2.24, 2.45) is 23.7 Å². The number of carbonyl (C=O) groups is 1. The minimum absolute atomic E-state index is 0.181. The second kappa shape index (κ2) is 4.97. The molecule has 3 aliphatic carbocycles. The lowest BCUT2D eigenvalue weighted by Crippen LogP contribution is -2.37. The van der Waals surface area contributed by atoms with Crippen LogP contribution in [0.25, 0.3) is 0 Å². The normalized spacial score (nSPS) is 35.2. The van der Waals surface area contributed by atoms with Gasteiger partial charge >= 0.3 is 0 Å².